The Bertz CT molecular complexity index is 662. The second-order valence-corrected chi connectivity index (χ2v) is 5.41. The van der Waals surface area contributed by atoms with Gasteiger partial charge in [0.25, 0.3) is 0 Å². The first-order valence-electron chi connectivity index (χ1n) is 7.57. The van der Waals surface area contributed by atoms with Crippen molar-refractivity contribution in [3.05, 3.63) is 53.9 Å². The standard InChI is InChI=1S/C17H22N4O/c1-18-17(19-12-13-6-5-10-21(13)2)20-15-9-11-22-16-8-4-3-7-14(15)16/h3-8,10,15H,9,11-12H2,1-2H3,(H2,18,19,20). The molecule has 3 rings (SSSR count). The minimum absolute atomic E-state index is 0.226. The number of aromatic nitrogens is 1. The summed E-state index contributed by atoms with van der Waals surface area (Å²) in [5, 5.41) is 6.86. The van der Waals surface area contributed by atoms with Crippen molar-refractivity contribution >= 4 is 5.96 Å². The molecular weight excluding hydrogens is 276 g/mol. The van der Waals surface area contributed by atoms with E-state index in [1.54, 1.807) is 7.05 Å². The number of aryl methyl sites for hydroxylation is 1. The number of rotatable bonds is 3. The van der Waals surface area contributed by atoms with E-state index >= 15 is 0 Å². The lowest BCUT2D eigenvalue weighted by Gasteiger charge is -2.28. The molecule has 116 valence electrons. The van der Waals surface area contributed by atoms with Gasteiger partial charge in [-0.15, -0.1) is 0 Å². The molecule has 0 saturated carbocycles. The highest BCUT2D eigenvalue weighted by Crippen LogP contribution is 2.31. The zero-order chi connectivity index (χ0) is 15.4. The van der Waals surface area contributed by atoms with Crippen LogP contribution >= 0.6 is 0 Å². The lowest BCUT2D eigenvalue weighted by atomic mass is 10.0. The number of fused-ring (bicyclic) bond motifs is 1. The SMILES string of the molecule is CN=C(NCc1cccn1C)NC1CCOc2ccccc21. The Labute approximate surface area is 131 Å². The van der Waals surface area contributed by atoms with Crippen molar-refractivity contribution in [3.63, 3.8) is 0 Å². The van der Waals surface area contributed by atoms with Crippen molar-refractivity contribution in [2.45, 2.75) is 19.0 Å². The maximum atomic E-state index is 5.70. The van der Waals surface area contributed by atoms with E-state index in [9.17, 15) is 0 Å². The highest BCUT2D eigenvalue weighted by molar-refractivity contribution is 5.80. The van der Waals surface area contributed by atoms with E-state index in [-0.39, 0.29) is 6.04 Å². The second kappa shape index (κ2) is 6.56. The summed E-state index contributed by atoms with van der Waals surface area (Å²) in [6.07, 6.45) is 2.98. The molecule has 2 heterocycles. The quantitative estimate of drug-likeness (QED) is 0.675. The molecule has 0 bridgehead atoms. The Balaban J connectivity index is 1.65. The molecule has 1 atom stereocenters. The number of nitrogens with one attached hydrogen (secondary N) is 2. The summed E-state index contributed by atoms with van der Waals surface area (Å²) in [6, 6.07) is 12.5. The van der Waals surface area contributed by atoms with Gasteiger partial charge in [-0.3, -0.25) is 4.99 Å². The lowest BCUT2D eigenvalue weighted by Crippen LogP contribution is -2.40. The summed E-state index contributed by atoms with van der Waals surface area (Å²) in [5.74, 6) is 1.77. The summed E-state index contributed by atoms with van der Waals surface area (Å²) in [4.78, 5) is 4.33. The third-order valence-corrected chi connectivity index (χ3v) is 3.98. The van der Waals surface area contributed by atoms with Crippen molar-refractivity contribution in [1.82, 2.24) is 15.2 Å². The van der Waals surface area contributed by atoms with Crippen LogP contribution in [0.4, 0.5) is 0 Å². The maximum Gasteiger partial charge on any atom is 0.191 e. The molecule has 1 aliphatic heterocycles. The molecular formula is C17H22N4O. The molecule has 5 nitrogen and oxygen atoms in total. The summed E-state index contributed by atoms with van der Waals surface area (Å²) < 4.78 is 7.80. The fourth-order valence-corrected chi connectivity index (χ4v) is 2.71. The van der Waals surface area contributed by atoms with Gasteiger partial charge in [0.1, 0.15) is 5.75 Å². The fraction of sp³-hybridized carbons (Fsp3) is 0.353. The van der Waals surface area contributed by atoms with Gasteiger partial charge in [0.05, 0.1) is 19.2 Å². The van der Waals surface area contributed by atoms with Gasteiger partial charge in [0, 0.05) is 38.0 Å². The van der Waals surface area contributed by atoms with Crippen LogP contribution in [0.2, 0.25) is 0 Å². The monoisotopic (exact) mass is 298 g/mol. The Morgan fingerprint density at radius 3 is 2.95 bits per heavy atom. The van der Waals surface area contributed by atoms with Crippen molar-refractivity contribution in [3.8, 4) is 5.75 Å². The van der Waals surface area contributed by atoms with Gasteiger partial charge in [0.2, 0.25) is 0 Å². The predicted molar refractivity (Wildman–Crippen MR) is 88.0 cm³/mol. The van der Waals surface area contributed by atoms with E-state index in [4.69, 9.17) is 4.74 Å². The molecule has 5 heteroatoms. The average molecular weight is 298 g/mol. The smallest absolute Gasteiger partial charge is 0.191 e. The maximum absolute atomic E-state index is 5.70. The molecule has 2 N–H and O–H groups in total. The minimum Gasteiger partial charge on any atom is -0.493 e. The fourth-order valence-electron chi connectivity index (χ4n) is 2.71. The van der Waals surface area contributed by atoms with Crippen LogP contribution < -0.4 is 15.4 Å². The van der Waals surface area contributed by atoms with Crippen LogP contribution in [-0.2, 0) is 13.6 Å². The van der Waals surface area contributed by atoms with Gasteiger partial charge in [0.15, 0.2) is 5.96 Å². The first kappa shape index (κ1) is 14.5. The lowest BCUT2D eigenvalue weighted by molar-refractivity contribution is 0.261. The molecule has 1 aromatic heterocycles. The van der Waals surface area contributed by atoms with E-state index in [0.29, 0.717) is 0 Å². The van der Waals surface area contributed by atoms with Gasteiger partial charge in [-0.05, 0) is 18.2 Å². The Morgan fingerprint density at radius 1 is 1.32 bits per heavy atom. The normalized spacial score (nSPS) is 17.5. The van der Waals surface area contributed by atoms with Crippen molar-refractivity contribution in [2.75, 3.05) is 13.7 Å². The van der Waals surface area contributed by atoms with Crippen LogP contribution in [0, 0.1) is 0 Å². The molecule has 22 heavy (non-hydrogen) atoms. The predicted octanol–water partition coefficient (Wildman–Crippen LogP) is 2.21. The van der Waals surface area contributed by atoms with E-state index in [2.05, 4.69) is 32.3 Å². The minimum atomic E-state index is 0.226. The van der Waals surface area contributed by atoms with Gasteiger partial charge in [-0.25, -0.2) is 0 Å². The number of para-hydroxylation sites is 1. The van der Waals surface area contributed by atoms with Crippen molar-refractivity contribution in [2.24, 2.45) is 12.0 Å². The van der Waals surface area contributed by atoms with Gasteiger partial charge >= 0.3 is 0 Å². The average Bonchev–Trinajstić information content (AvgIpc) is 2.96. The first-order chi connectivity index (χ1) is 10.8. The molecule has 0 radical (unpaired) electrons. The van der Waals surface area contributed by atoms with Crippen LogP contribution in [-0.4, -0.2) is 24.2 Å². The summed E-state index contributed by atoms with van der Waals surface area (Å²) in [7, 11) is 3.84. The number of benzene rings is 1. The van der Waals surface area contributed by atoms with E-state index in [1.165, 1.54) is 11.3 Å². The highest BCUT2D eigenvalue weighted by atomic mass is 16.5. The zero-order valence-electron chi connectivity index (χ0n) is 13.0. The molecule has 1 aromatic carbocycles. The van der Waals surface area contributed by atoms with Crippen LogP contribution in [0.15, 0.2) is 47.6 Å². The van der Waals surface area contributed by atoms with Gasteiger partial charge in [-0.2, -0.15) is 0 Å². The number of guanidine groups is 1. The van der Waals surface area contributed by atoms with Crippen LogP contribution in [0.5, 0.6) is 5.75 Å². The Kier molecular flexibility index (Phi) is 4.32. The van der Waals surface area contributed by atoms with E-state index < -0.39 is 0 Å². The summed E-state index contributed by atoms with van der Waals surface area (Å²) in [5.41, 5.74) is 2.41. The number of ether oxygens (including phenoxy) is 1. The molecule has 2 aromatic rings. The van der Waals surface area contributed by atoms with Crippen LogP contribution in [0.3, 0.4) is 0 Å². The first-order valence-corrected chi connectivity index (χ1v) is 7.57. The molecule has 0 aliphatic carbocycles. The van der Waals surface area contributed by atoms with Crippen LogP contribution in [0.1, 0.15) is 23.7 Å². The molecule has 0 fully saturated rings. The largest absolute Gasteiger partial charge is 0.493 e. The number of hydrogen-bond acceptors (Lipinski definition) is 2. The zero-order valence-corrected chi connectivity index (χ0v) is 13.0. The molecule has 1 unspecified atom stereocenters. The van der Waals surface area contributed by atoms with Crippen molar-refractivity contribution < 1.29 is 4.74 Å². The molecule has 0 spiro atoms. The van der Waals surface area contributed by atoms with Crippen LogP contribution in [0.25, 0.3) is 0 Å². The number of nitrogens with zero attached hydrogens (tertiary/aromatic N) is 2. The van der Waals surface area contributed by atoms with Crippen molar-refractivity contribution in [1.29, 1.82) is 0 Å². The Hall–Kier alpha value is -2.43. The third-order valence-electron chi connectivity index (χ3n) is 3.98. The number of aliphatic imine (C=N–C) groups is 1. The van der Waals surface area contributed by atoms with Gasteiger partial charge < -0.3 is 19.9 Å². The third kappa shape index (κ3) is 3.08. The highest BCUT2D eigenvalue weighted by Gasteiger charge is 2.21. The summed E-state index contributed by atoms with van der Waals surface area (Å²) in [6.45, 7) is 1.47. The summed E-state index contributed by atoms with van der Waals surface area (Å²) >= 11 is 0. The number of hydrogen-bond donors (Lipinski definition) is 2. The molecule has 0 saturated heterocycles. The van der Waals surface area contributed by atoms with E-state index in [0.717, 1.165) is 31.3 Å². The Morgan fingerprint density at radius 2 is 2.18 bits per heavy atom. The van der Waals surface area contributed by atoms with E-state index in [1.807, 2.05) is 37.5 Å². The topological polar surface area (TPSA) is 50.6 Å². The molecule has 0 amide bonds. The second-order valence-electron chi connectivity index (χ2n) is 5.41. The molecule has 1 aliphatic rings. The van der Waals surface area contributed by atoms with Gasteiger partial charge in [-0.1, -0.05) is 18.2 Å².